The van der Waals surface area contributed by atoms with E-state index in [0.29, 0.717) is 12.0 Å². The van der Waals surface area contributed by atoms with Crippen LogP contribution in [0.25, 0.3) is 0 Å². The van der Waals surface area contributed by atoms with Gasteiger partial charge in [0, 0.05) is 5.75 Å². The molecule has 66 valence electrons. The van der Waals surface area contributed by atoms with Gasteiger partial charge in [-0.15, -0.1) is 0 Å². The number of hydrogen-bond donors (Lipinski definition) is 1. The molecular formula is C8H9O3S-. The third kappa shape index (κ3) is 2.64. The molecule has 0 aliphatic carbocycles. The van der Waals surface area contributed by atoms with Gasteiger partial charge in [0.2, 0.25) is 0 Å². The van der Waals surface area contributed by atoms with Crippen molar-refractivity contribution in [3.8, 4) is 5.75 Å². The number of rotatable bonds is 3. The number of benzene rings is 1. The van der Waals surface area contributed by atoms with Gasteiger partial charge in [0.15, 0.2) is 0 Å². The number of para-hydroxylation sites is 1. The molecule has 1 N–H and O–H groups in total. The summed E-state index contributed by atoms with van der Waals surface area (Å²) in [6.45, 7) is 0. The first-order valence-electron chi connectivity index (χ1n) is 3.53. The maximum Gasteiger partial charge on any atom is 0.118 e. The van der Waals surface area contributed by atoms with E-state index >= 15 is 0 Å². The fourth-order valence-corrected chi connectivity index (χ4v) is 1.30. The quantitative estimate of drug-likeness (QED) is 0.709. The highest BCUT2D eigenvalue weighted by atomic mass is 32.2. The fraction of sp³-hybridized carbons (Fsp3) is 0.250. The molecule has 0 heterocycles. The first-order valence-corrected chi connectivity index (χ1v) is 4.77. The van der Waals surface area contributed by atoms with Crippen LogP contribution >= 0.6 is 0 Å². The summed E-state index contributed by atoms with van der Waals surface area (Å²) in [6, 6.07) is 6.72. The molecule has 0 fully saturated rings. The van der Waals surface area contributed by atoms with E-state index in [1.807, 2.05) is 0 Å². The first-order chi connectivity index (χ1) is 5.70. The van der Waals surface area contributed by atoms with E-state index in [-0.39, 0.29) is 11.5 Å². The van der Waals surface area contributed by atoms with E-state index in [4.69, 9.17) is 0 Å². The van der Waals surface area contributed by atoms with E-state index in [0.717, 1.165) is 0 Å². The minimum absolute atomic E-state index is 0.0531. The van der Waals surface area contributed by atoms with Gasteiger partial charge < -0.3 is 9.66 Å². The van der Waals surface area contributed by atoms with Gasteiger partial charge in [-0.2, -0.15) is 0 Å². The van der Waals surface area contributed by atoms with Crippen LogP contribution in [-0.2, 0) is 17.5 Å². The van der Waals surface area contributed by atoms with Crippen LogP contribution in [0.5, 0.6) is 5.75 Å². The van der Waals surface area contributed by atoms with Gasteiger partial charge in [-0.05, 0) is 18.1 Å². The molecule has 1 aromatic carbocycles. The molecule has 0 radical (unpaired) electrons. The lowest BCUT2D eigenvalue weighted by Gasteiger charge is -2.05. The number of aromatic hydroxyl groups is 1. The standard InChI is InChI=1S/C8H10O3S/c9-8-4-2-1-3-7(8)5-6-12(10)11/h1-4,9H,5-6H2,(H,10,11)/p-1. The van der Waals surface area contributed by atoms with E-state index in [1.165, 1.54) is 0 Å². The van der Waals surface area contributed by atoms with Crippen molar-refractivity contribution in [1.29, 1.82) is 0 Å². The van der Waals surface area contributed by atoms with Gasteiger partial charge in [0.05, 0.1) is 0 Å². The highest BCUT2D eigenvalue weighted by Gasteiger charge is 1.97. The maximum atomic E-state index is 10.2. The number of hydrogen-bond acceptors (Lipinski definition) is 3. The van der Waals surface area contributed by atoms with Gasteiger partial charge in [-0.3, -0.25) is 4.21 Å². The largest absolute Gasteiger partial charge is 0.772 e. The Morgan fingerprint density at radius 1 is 1.42 bits per heavy atom. The van der Waals surface area contributed by atoms with Crippen molar-refractivity contribution in [3.63, 3.8) is 0 Å². The van der Waals surface area contributed by atoms with E-state index < -0.39 is 11.1 Å². The Morgan fingerprint density at radius 3 is 2.67 bits per heavy atom. The Bertz CT molecular complexity index is 285. The second-order valence-corrected chi connectivity index (χ2v) is 3.40. The van der Waals surface area contributed by atoms with Crippen LogP contribution in [0.15, 0.2) is 24.3 Å². The molecule has 0 spiro atoms. The summed E-state index contributed by atoms with van der Waals surface area (Å²) in [7, 11) is 0. The van der Waals surface area contributed by atoms with Crippen molar-refractivity contribution in [3.05, 3.63) is 29.8 Å². The fourth-order valence-electron chi connectivity index (χ4n) is 0.916. The van der Waals surface area contributed by atoms with Crippen LogP contribution in [0.2, 0.25) is 0 Å². The van der Waals surface area contributed by atoms with Crippen molar-refractivity contribution in [2.75, 3.05) is 5.75 Å². The lowest BCUT2D eigenvalue weighted by Crippen LogP contribution is -1.99. The smallest absolute Gasteiger partial charge is 0.118 e. The van der Waals surface area contributed by atoms with Crippen LogP contribution in [0, 0.1) is 0 Å². The van der Waals surface area contributed by atoms with Gasteiger partial charge in [-0.1, -0.05) is 29.3 Å². The summed E-state index contributed by atoms with van der Waals surface area (Å²) in [5, 5.41) is 9.22. The topological polar surface area (TPSA) is 60.4 Å². The highest BCUT2D eigenvalue weighted by molar-refractivity contribution is 7.79. The van der Waals surface area contributed by atoms with Crippen molar-refractivity contribution in [1.82, 2.24) is 0 Å². The van der Waals surface area contributed by atoms with Crippen LogP contribution in [0.1, 0.15) is 5.56 Å². The Morgan fingerprint density at radius 2 is 2.08 bits per heavy atom. The predicted octanol–water partition coefficient (Wildman–Crippen LogP) is 0.814. The van der Waals surface area contributed by atoms with Crippen LogP contribution in [-0.4, -0.2) is 19.6 Å². The van der Waals surface area contributed by atoms with E-state index in [9.17, 15) is 13.9 Å². The number of phenols is 1. The van der Waals surface area contributed by atoms with Crippen molar-refractivity contribution < 1.29 is 13.9 Å². The third-order valence-corrected chi connectivity index (χ3v) is 2.07. The molecule has 0 aliphatic heterocycles. The first kappa shape index (κ1) is 9.22. The predicted molar refractivity (Wildman–Crippen MR) is 45.6 cm³/mol. The molecule has 0 saturated carbocycles. The van der Waals surface area contributed by atoms with Crippen molar-refractivity contribution in [2.45, 2.75) is 6.42 Å². The monoisotopic (exact) mass is 185 g/mol. The summed E-state index contributed by atoms with van der Waals surface area (Å²) in [4.78, 5) is 0. The van der Waals surface area contributed by atoms with E-state index in [1.54, 1.807) is 24.3 Å². The molecule has 0 bridgehead atoms. The van der Waals surface area contributed by atoms with E-state index in [2.05, 4.69) is 0 Å². The minimum Gasteiger partial charge on any atom is -0.772 e. The lowest BCUT2D eigenvalue weighted by molar-refractivity contribution is 0.468. The Balaban J connectivity index is 2.63. The summed E-state index contributed by atoms with van der Waals surface area (Å²) in [6.07, 6.45) is 0.364. The normalized spacial score (nSPS) is 12.8. The molecule has 0 aliphatic rings. The SMILES string of the molecule is O=S([O-])CCc1ccccc1O. The summed E-state index contributed by atoms with van der Waals surface area (Å²) in [5.41, 5.74) is 0.668. The van der Waals surface area contributed by atoms with Crippen LogP contribution in [0.3, 0.4) is 0 Å². The lowest BCUT2D eigenvalue weighted by atomic mass is 10.1. The average molecular weight is 185 g/mol. The molecule has 1 atom stereocenters. The highest BCUT2D eigenvalue weighted by Crippen LogP contribution is 2.15. The molecule has 1 unspecified atom stereocenters. The van der Waals surface area contributed by atoms with Gasteiger partial charge >= 0.3 is 0 Å². The Hall–Kier alpha value is -0.870. The zero-order valence-corrected chi connectivity index (χ0v) is 7.21. The van der Waals surface area contributed by atoms with Crippen molar-refractivity contribution >= 4 is 11.1 Å². The van der Waals surface area contributed by atoms with Crippen LogP contribution in [0.4, 0.5) is 0 Å². The number of phenolic OH excluding ortho intramolecular Hbond substituents is 1. The second kappa shape index (κ2) is 4.23. The molecule has 0 aromatic heterocycles. The van der Waals surface area contributed by atoms with Gasteiger partial charge in [0.25, 0.3) is 0 Å². The third-order valence-electron chi connectivity index (χ3n) is 1.53. The molecule has 4 heteroatoms. The molecule has 1 rings (SSSR count). The molecular weight excluding hydrogens is 176 g/mol. The Kier molecular flexibility index (Phi) is 3.25. The molecule has 3 nitrogen and oxygen atoms in total. The molecule has 12 heavy (non-hydrogen) atoms. The number of aryl methyl sites for hydroxylation is 1. The average Bonchev–Trinajstić information content (AvgIpc) is 2.03. The molecule has 1 aromatic rings. The summed E-state index contributed by atoms with van der Waals surface area (Å²) >= 11 is -2.04. The maximum absolute atomic E-state index is 10.2. The summed E-state index contributed by atoms with van der Waals surface area (Å²) in [5.74, 6) is 0.209. The van der Waals surface area contributed by atoms with Crippen LogP contribution < -0.4 is 0 Å². The van der Waals surface area contributed by atoms with Crippen molar-refractivity contribution in [2.24, 2.45) is 0 Å². The van der Waals surface area contributed by atoms with Gasteiger partial charge in [-0.25, -0.2) is 0 Å². The second-order valence-electron chi connectivity index (χ2n) is 2.39. The minimum atomic E-state index is -2.04. The molecule has 0 saturated heterocycles. The van der Waals surface area contributed by atoms with Gasteiger partial charge in [0.1, 0.15) is 5.75 Å². The zero-order valence-electron chi connectivity index (χ0n) is 6.40. The zero-order chi connectivity index (χ0) is 8.97. The Labute approximate surface area is 73.3 Å². The molecule has 0 amide bonds. The summed E-state index contributed by atoms with van der Waals surface area (Å²) < 4.78 is 20.4.